The fourth-order valence-corrected chi connectivity index (χ4v) is 3.54. The van der Waals surface area contributed by atoms with Gasteiger partial charge in [-0.3, -0.25) is 14.8 Å². The van der Waals surface area contributed by atoms with E-state index in [0.717, 1.165) is 23.3 Å². The van der Waals surface area contributed by atoms with Crippen molar-refractivity contribution < 1.29 is 28.7 Å². The summed E-state index contributed by atoms with van der Waals surface area (Å²) in [6.07, 6.45) is -1.06. The molecule has 3 aromatic rings. The molecule has 3 rings (SSSR count). The van der Waals surface area contributed by atoms with Gasteiger partial charge in [0.25, 0.3) is 5.91 Å². The van der Waals surface area contributed by atoms with Crippen LogP contribution in [0.4, 0.5) is 14.5 Å². The van der Waals surface area contributed by atoms with Crippen LogP contribution in [-0.2, 0) is 16.1 Å². The molecule has 0 bridgehead atoms. The fourth-order valence-electron chi connectivity index (χ4n) is 3.54. The van der Waals surface area contributed by atoms with Crippen molar-refractivity contribution in [1.82, 2.24) is 16.1 Å². The van der Waals surface area contributed by atoms with Crippen molar-refractivity contribution in [2.75, 3.05) is 11.9 Å². The molecule has 2 amide bonds. The average molecular weight is 511 g/mol. The maximum absolute atomic E-state index is 13.7. The first-order valence-electron chi connectivity index (χ1n) is 11.4. The number of carbonyl (C=O) groups excluding carboxylic acids is 2. The minimum Gasteiger partial charge on any atom is -0.391 e. The number of aliphatic hydroxyl groups excluding tert-OH is 1. The molecular weight excluding hydrogens is 482 g/mol. The van der Waals surface area contributed by atoms with Crippen LogP contribution in [0.2, 0.25) is 0 Å². The Balaban J connectivity index is 1.53. The van der Waals surface area contributed by atoms with Crippen LogP contribution in [0, 0.1) is 11.6 Å². The number of carbonyl (C=O) groups is 2. The number of anilines is 1. The van der Waals surface area contributed by atoms with Gasteiger partial charge in [0, 0.05) is 29.6 Å². The van der Waals surface area contributed by atoms with Gasteiger partial charge in [-0.2, -0.15) is 0 Å². The van der Waals surface area contributed by atoms with E-state index in [9.17, 15) is 23.5 Å². The fraction of sp³-hybridized carbons (Fsp3) is 0.185. The van der Waals surface area contributed by atoms with Gasteiger partial charge < -0.3 is 21.1 Å². The number of aliphatic hydroxyl groups is 1. The Labute approximate surface area is 213 Å². The number of rotatable bonds is 11. The van der Waals surface area contributed by atoms with Crippen molar-refractivity contribution >= 4 is 23.2 Å². The Morgan fingerprint density at radius 2 is 1.59 bits per heavy atom. The highest BCUT2D eigenvalue weighted by molar-refractivity contribution is 5.92. The Kier molecular flexibility index (Phi) is 9.45. The quantitative estimate of drug-likeness (QED) is 0.174. The SMILES string of the molecule is C=C(N[C@H](C(=O)NO)[C@@H](C)O)c1ccc(-c2ccc(NC(=O)CNCc3ccc(F)cc3F)cc2)cc1. The topological polar surface area (TPSA) is 123 Å². The summed E-state index contributed by atoms with van der Waals surface area (Å²) in [5.41, 5.74) is 5.25. The van der Waals surface area contributed by atoms with E-state index in [2.05, 4.69) is 22.5 Å². The molecule has 0 saturated carbocycles. The van der Waals surface area contributed by atoms with Crippen LogP contribution in [0.25, 0.3) is 16.8 Å². The van der Waals surface area contributed by atoms with Crippen molar-refractivity contribution in [1.29, 1.82) is 0 Å². The van der Waals surface area contributed by atoms with E-state index >= 15 is 0 Å². The zero-order valence-electron chi connectivity index (χ0n) is 20.1. The summed E-state index contributed by atoms with van der Waals surface area (Å²) < 4.78 is 26.6. The molecule has 194 valence electrons. The van der Waals surface area contributed by atoms with E-state index in [-0.39, 0.29) is 24.6 Å². The summed E-state index contributed by atoms with van der Waals surface area (Å²) in [7, 11) is 0. The Morgan fingerprint density at radius 1 is 0.973 bits per heavy atom. The number of benzene rings is 3. The van der Waals surface area contributed by atoms with E-state index in [4.69, 9.17) is 5.21 Å². The molecule has 8 nitrogen and oxygen atoms in total. The van der Waals surface area contributed by atoms with Crippen LogP contribution in [0.1, 0.15) is 18.1 Å². The van der Waals surface area contributed by atoms with Gasteiger partial charge in [-0.25, -0.2) is 14.3 Å². The number of nitrogens with one attached hydrogen (secondary N) is 4. The summed E-state index contributed by atoms with van der Waals surface area (Å²) in [6, 6.07) is 16.7. The van der Waals surface area contributed by atoms with Crippen LogP contribution in [0.15, 0.2) is 73.3 Å². The largest absolute Gasteiger partial charge is 0.391 e. The molecule has 0 unspecified atom stereocenters. The lowest BCUT2D eigenvalue weighted by molar-refractivity contribution is -0.133. The van der Waals surface area contributed by atoms with Crippen LogP contribution < -0.4 is 21.4 Å². The molecule has 0 aliphatic heterocycles. The van der Waals surface area contributed by atoms with E-state index < -0.39 is 29.7 Å². The monoisotopic (exact) mass is 510 g/mol. The van der Waals surface area contributed by atoms with Crippen LogP contribution in [-0.4, -0.2) is 40.8 Å². The van der Waals surface area contributed by atoms with Gasteiger partial charge in [-0.05, 0) is 41.8 Å². The Bertz CT molecular complexity index is 1250. The lowest BCUT2D eigenvalue weighted by Gasteiger charge is -2.22. The summed E-state index contributed by atoms with van der Waals surface area (Å²) in [5.74, 6) is -2.42. The van der Waals surface area contributed by atoms with Gasteiger partial charge in [0.1, 0.15) is 17.7 Å². The Morgan fingerprint density at radius 3 is 2.16 bits per heavy atom. The maximum Gasteiger partial charge on any atom is 0.268 e. The maximum atomic E-state index is 13.7. The molecule has 0 aromatic heterocycles. The van der Waals surface area contributed by atoms with Crippen LogP contribution in [0.5, 0.6) is 0 Å². The standard InChI is InChI=1S/C27H28F2N4O4/c1-16(31-26(17(2)34)27(36)33-37)18-3-5-19(6-4-18)20-8-11-23(12-9-20)32-25(35)15-30-14-21-7-10-22(28)13-24(21)29/h3-13,17,26,30-31,34,37H,1,14-15H2,2H3,(H,32,35)(H,33,36)/t17-,26+/m1/s1. The number of hydrogen-bond donors (Lipinski definition) is 6. The molecule has 6 N–H and O–H groups in total. The van der Waals surface area contributed by atoms with E-state index in [1.54, 1.807) is 24.3 Å². The summed E-state index contributed by atoms with van der Waals surface area (Å²) >= 11 is 0. The summed E-state index contributed by atoms with van der Waals surface area (Å²) in [4.78, 5) is 23.9. The molecule has 0 aliphatic carbocycles. The smallest absolute Gasteiger partial charge is 0.268 e. The van der Waals surface area contributed by atoms with Crippen molar-refractivity contribution in [2.45, 2.75) is 25.6 Å². The normalized spacial score (nSPS) is 12.4. The molecule has 0 aliphatic rings. The van der Waals surface area contributed by atoms with Crippen molar-refractivity contribution in [3.63, 3.8) is 0 Å². The van der Waals surface area contributed by atoms with Crippen LogP contribution in [0.3, 0.4) is 0 Å². The lowest BCUT2D eigenvalue weighted by Crippen LogP contribution is -2.48. The van der Waals surface area contributed by atoms with Crippen molar-refractivity contribution in [3.05, 3.63) is 96.1 Å². The van der Waals surface area contributed by atoms with Crippen LogP contribution >= 0.6 is 0 Å². The average Bonchev–Trinajstić information content (AvgIpc) is 2.88. The third-order valence-corrected chi connectivity index (χ3v) is 5.56. The van der Waals surface area contributed by atoms with Gasteiger partial charge in [0.15, 0.2) is 0 Å². The summed E-state index contributed by atoms with van der Waals surface area (Å²) in [6.45, 7) is 5.35. The van der Waals surface area contributed by atoms with Crippen molar-refractivity contribution in [3.8, 4) is 11.1 Å². The third kappa shape index (κ3) is 7.68. The zero-order valence-corrected chi connectivity index (χ0v) is 20.1. The predicted molar refractivity (Wildman–Crippen MR) is 136 cm³/mol. The first kappa shape index (κ1) is 27.5. The summed E-state index contributed by atoms with van der Waals surface area (Å²) in [5, 5.41) is 27.0. The van der Waals surface area contributed by atoms with Gasteiger partial charge in [0.05, 0.1) is 12.6 Å². The number of hydroxylamine groups is 1. The second kappa shape index (κ2) is 12.7. The van der Waals surface area contributed by atoms with Gasteiger partial charge in [0.2, 0.25) is 5.91 Å². The second-order valence-electron chi connectivity index (χ2n) is 8.36. The highest BCUT2D eigenvalue weighted by atomic mass is 19.1. The van der Waals surface area contributed by atoms with Gasteiger partial charge >= 0.3 is 0 Å². The molecule has 37 heavy (non-hydrogen) atoms. The predicted octanol–water partition coefficient (Wildman–Crippen LogP) is 3.18. The van der Waals surface area contributed by atoms with Gasteiger partial charge in [-0.15, -0.1) is 0 Å². The Hall–Kier alpha value is -4.12. The molecule has 2 atom stereocenters. The first-order valence-corrected chi connectivity index (χ1v) is 11.4. The third-order valence-electron chi connectivity index (χ3n) is 5.56. The van der Waals surface area contributed by atoms with E-state index in [0.29, 0.717) is 16.9 Å². The molecule has 0 radical (unpaired) electrons. The molecule has 0 spiro atoms. The highest BCUT2D eigenvalue weighted by Gasteiger charge is 2.23. The molecule has 0 saturated heterocycles. The molecule has 0 fully saturated rings. The van der Waals surface area contributed by atoms with E-state index in [1.165, 1.54) is 18.5 Å². The minimum atomic E-state index is -1.07. The zero-order chi connectivity index (χ0) is 26.9. The number of halogens is 2. The minimum absolute atomic E-state index is 0.0478. The second-order valence-corrected chi connectivity index (χ2v) is 8.36. The van der Waals surface area contributed by atoms with E-state index in [1.807, 2.05) is 24.3 Å². The van der Waals surface area contributed by atoms with Crippen molar-refractivity contribution in [2.24, 2.45) is 0 Å². The molecule has 0 heterocycles. The highest BCUT2D eigenvalue weighted by Crippen LogP contribution is 2.23. The number of amides is 2. The molecule has 10 heteroatoms. The molecular formula is C27H28F2N4O4. The number of hydrogen-bond acceptors (Lipinski definition) is 6. The molecule has 3 aromatic carbocycles. The van der Waals surface area contributed by atoms with Gasteiger partial charge in [-0.1, -0.05) is 49.0 Å². The first-order chi connectivity index (χ1) is 17.7. The lowest BCUT2D eigenvalue weighted by atomic mass is 10.0.